The molecule has 0 aliphatic carbocycles. The molecule has 1 aromatic rings. The first-order valence-electron chi connectivity index (χ1n) is 9.35. The summed E-state index contributed by atoms with van der Waals surface area (Å²) in [6, 6.07) is 8.61. The molecule has 0 aromatic heterocycles. The lowest BCUT2D eigenvalue weighted by Crippen LogP contribution is -2.50. The van der Waals surface area contributed by atoms with E-state index in [1.165, 1.54) is 4.90 Å². The Kier molecular flexibility index (Phi) is 10.6. The number of carbonyl (C=O) groups is 3. The number of amides is 3. The number of primary amides is 1. The second-order valence-corrected chi connectivity index (χ2v) is 8.20. The van der Waals surface area contributed by atoms with Crippen LogP contribution in [-0.2, 0) is 20.9 Å². The Bertz CT molecular complexity index is 640. The van der Waals surface area contributed by atoms with E-state index in [1.807, 2.05) is 50.4 Å². The highest BCUT2D eigenvalue weighted by atomic mass is 32.2. The average molecular weight is 410 g/mol. The van der Waals surface area contributed by atoms with Crippen LogP contribution in [0.3, 0.4) is 0 Å². The number of hydroxylamine groups is 1. The molecule has 7 nitrogen and oxygen atoms in total. The number of nitrogens with zero attached hydrogens (tertiary/aromatic N) is 1. The van der Waals surface area contributed by atoms with E-state index in [4.69, 9.17) is 10.9 Å². The lowest BCUT2D eigenvalue weighted by molar-refractivity contribution is -0.146. The van der Waals surface area contributed by atoms with Crippen LogP contribution in [0.1, 0.15) is 38.7 Å². The van der Waals surface area contributed by atoms with E-state index in [-0.39, 0.29) is 24.8 Å². The van der Waals surface area contributed by atoms with Crippen molar-refractivity contribution in [3.63, 3.8) is 0 Å². The highest BCUT2D eigenvalue weighted by molar-refractivity contribution is 7.98. The minimum Gasteiger partial charge on any atom is -0.368 e. The first kappa shape index (κ1) is 24.0. The minimum atomic E-state index is -0.757. The van der Waals surface area contributed by atoms with Crippen LogP contribution < -0.4 is 11.2 Å². The average Bonchev–Trinajstić information content (AvgIpc) is 2.66. The zero-order valence-electron chi connectivity index (χ0n) is 16.8. The van der Waals surface area contributed by atoms with E-state index >= 15 is 0 Å². The van der Waals surface area contributed by atoms with Crippen LogP contribution in [0, 0.1) is 11.8 Å². The Balaban J connectivity index is 3.21. The summed E-state index contributed by atoms with van der Waals surface area (Å²) in [4.78, 5) is 38.8. The number of hydrogen-bond acceptors (Lipinski definition) is 5. The van der Waals surface area contributed by atoms with E-state index < -0.39 is 23.8 Å². The van der Waals surface area contributed by atoms with Gasteiger partial charge in [-0.15, -0.1) is 0 Å². The monoisotopic (exact) mass is 409 g/mol. The van der Waals surface area contributed by atoms with Gasteiger partial charge in [0, 0.05) is 18.9 Å². The Morgan fingerprint density at radius 2 is 1.86 bits per heavy atom. The first-order valence-corrected chi connectivity index (χ1v) is 10.7. The number of carbonyl (C=O) groups excluding carboxylic acids is 3. The molecule has 2 atom stereocenters. The van der Waals surface area contributed by atoms with Crippen LogP contribution in [-0.4, -0.2) is 45.9 Å². The van der Waals surface area contributed by atoms with Gasteiger partial charge in [-0.2, -0.15) is 11.8 Å². The third-order valence-corrected chi connectivity index (χ3v) is 5.08. The van der Waals surface area contributed by atoms with Crippen molar-refractivity contribution in [3.8, 4) is 0 Å². The SMILES string of the molecule is CSCC[C@@H](C(N)=O)N(Cc1ccccc1)C(=O)C(CC(=O)NO)CC(C)C. The molecule has 28 heavy (non-hydrogen) atoms. The molecule has 1 aromatic carbocycles. The molecule has 3 amide bonds. The zero-order chi connectivity index (χ0) is 21.1. The third kappa shape index (κ3) is 7.90. The number of nitrogens with two attached hydrogens (primary N) is 1. The van der Waals surface area contributed by atoms with Crippen LogP contribution >= 0.6 is 11.8 Å². The number of thioether (sulfide) groups is 1. The van der Waals surface area contributed by atoms with Gasteiger partial charge in [0.15, 0.2) is 0 Å². The summed E-state index contributed by atoms with van der Waals surface area (Å²) in [5, 5.41) is 8.89. The second-order valence-electron chi connectivity index (χ2n) is 7.22. The zero-order valence-corrected chi connectivity index (χ0v) is 17.6. The minimum absolute atomic E-state index is 0.146. The maximum atomic E-state index is 13.4. The first-order chi connectivity index (χ1) is 13.3. The highest BCUT2D eigenvalue weighted by Crippen LogP contribution is 2.23. The molecule has 1 rings (SSSR count). The van der Waals surface area contributed by atoms with Crippen molar-refractivity contribution in [2.24, 2.45) is 17.6 Å². The molecular formula is C20H31N3O4S. The van der Waals surface area contributed by atoms with Gasteiger partial charge in [-0.3, -0.25) is 19.6 Å². The van der Waals surface area contributed by atoms with E-state index in [9.17, 15) is 14.4 Å². The molecule has 0 saturated carbocycles. The van der Waals surface area contributed by atoms with E-state index in [1.54, 1.807) is 17.2 Å². The molecule has 0 spiro atoms. The van der Waals surface area contributed by atoms with Crippen LogP contribution in [0.5, 0.6) is 0 Å². The molecule has 0 aliphatic rings. The summed E-state index contributed by atoms with van der Waals surface area (Å²) in [6.07, 6.45) is 2.68. The standard InChI is InChI=1S/C20H31N3O4S/c1-14(2)11-16(12-18(24)22-27)20(26)23(13-15-7-5-4-6-8-15)17(19(21)25)9-10-28-3/h4-8,14,16-17,27H,9-13H2,1-3H3,(H2,21,25)(H,22,24)/t16?,17-/m0/s1. The second kappa shape index (κ2) is 12.4. The molecule has 0 heterocycles. The molecule has 0 aliphatic heterocycles. The Hall–Kier alpha value is -2.06. The van der Waals surface area contributed by atoms with Crippen LogP contribution in [0.2, 0.25) is 0 Å². The smallest absolute Gasteiger partial charge is 0.244 e. The molecular weight excluding hydrogens is 378 g/mol. The van der Waals surface area contributed by atoms with Gasteiger partial charge in [0.2, 0.25) is 17.7 Å². The molecule has 4 N–H and O–H groups in total. The quantitative estimate of drug-likeness (QED) is 0.362. The number of nitrogens with one attached hydrogen (secondary N) is 1. The predicted molar refractivity (Wildman–Crippen MR) is 110 cm³/mol. The summed E-state index contributed by atoms with van der Waals surface area (Å²) in [7, 11) is 0. The van der Waals surface area contributed by atoms with Gasteiger partial charge in [-0.1, -0.05) is 44.2 Å². The van der Waals surface area contributed by atoms with Gasteiger partial charge >= 0.3 is 0 Å². The fourth-order valence-electron chi connectivity index (χ4n) is 3.15. The van der Waals surface area contributed by atoms with Crippen molar-refractivity contribution < 1.29 is 19.6 Å². The van der Waals surface area contributed by atoms with Gasteiger partial charge in [0.05, 0.1) is 0 Å². The van der Waals surface area contributed by atoms with Gasteiger partial charge in [0.1, 0.15) is 6.04 Å². The fraction of sp³-hybridized carbons (Fsp3) is 0.550. The third-order valence-electron chi connectivity index (χ3n) is 4.44. The summed E-state index contributed by atoms with van der Waals surface area (Å²) >= 11 is 1.57. The number of hydrogen-bond donors (Lipinski definition) is 3. The van der Waals surface area contributed by atoms with Crippen molar-refractivity contribution in [2.45, 2.75) is 45.7 Å². The van der Waals surface area contributed by atoms with E-state index in [0.717, 1.165) is 5.56 Å². The molecule has 0 bridgehead atoms. The molecule has 156 valence electrons. The van der Waals surface area contributed by atoms with Crippen LogP contribution in [0.25, 0.3) is 0 Å². The summed E-state index contributed by atoms with van der Waals surface area (Å²) < 4.78 is 0. The van der Waals surface area contributed by atoms with Crippen LogP contribution in [0.15, 0.2) is 30.3 Å². The van der Waals surface area contributed by atoms with E-state index in [2.05, 4.69) is 0 Å². The molecule has 8 heteroatoms. The predicted octanol–water partition coefficient (Wildman–Crippen LogP) is 2.18. The van der Waals surface area contributed by atoms with E-state index in [0.29, 0.717) is 18.6 Å². The van der Waals surface area contributed by atoms with Gasteiger partial charge in [-0.05, 0) is 36.3 Å². The van der Waals surface area contributed by atoms with Crippen molar-refractivity contribution in [2.75, 3.05) is 12.0 Å². The highest BCUT2D eigenvalue weighted by Gasteiger charge is 2.34. The molecule has 0 radical (unpaired) electrons. The number of benzene rings is 1. The van der Waals surface area contributed by atoms with Crippen LogP contribution in [0.4, 0.5) is 0 Å². The molecule has 1 unspecified atom stereocenters. The van der Waals surface area contributed by atoms with Gasteiger partial charge in [0.25, 0.3) is 0 Å². The van der Waals surface area contributed by atoms with Gasteiger partial charge < -0.3 is 10.6 Å². The Morgan fingerprint density at radius 3 is 2.36 bits per heavy atom. The fourth-order valence-corrected chi connectivity index (χ4v) is 3.61. The van der Waals surface area contributed by atoms with Gasteiger partial charge in [-0.25, -0.2) is 5.48 Å². The summed E-state index contributed by atoms with van der Waals surface area (Å²) in [5.41, 5.74) is 8.11. The number of rotatable bonds is 12. The Labute approximate surface area is 171 Å². The molecule has 0 saturated heterocycles. The van der Waals surface area contributed by atoms with Crippen molar-refractivity contribution in [3.05, 3.63) is 35.9 Å². The lowest BCUT2D eigenvalue weighted by Gasteiger charge is -2.33. The topological polar surface area (TPSA) is 113 Å². The lowest BCUT2D eigenvalue weighted by atomic mass is 9.91. The van der Waals surface area contributed by atoms with Crippen molar-refractivity contribution in [1.29, 1.82) is 0 Å². The maximum Gasteiger partial charge on any atom is 0.244 e. The summed E-state index contributed by atoms with van der Waals surface area (Å²) in [6.45, 7) is 4.15. The normalized spacial score (nSPS) is 13.0. The van der Waals surface area contributed by atoms with Crippen molar-refractivity contribution >= 4 is 29.5 Å². The molecule has 0 fully saturated rings. The maximum absolute atomic E-state index is 13.4. The Morgan fingerprint density at radius 1 is 1.21 bits per heavy atom. The van der Waals surface area contributed by atoms with Crippen molar-refractivity contribution in [1.82, 2.24) is 10.4 Å². The summed E-state index contributed by atoms with van der Waals surface area (Å²) in [5.74, 6) is -1.29. The largest absolute Gasteiger partial charge is 0.368 e.